The highest BCUT2D eigenvalue weighted by atomic mass is 31.2. The minimum atomic E-state index is -3.20. The SMILES string of the molecule is C=CCP(=O)(O)CCOC(=O)C(=C)C. The van der Waals surface area contributed by atoms with Crippen LogP contribution in [0.4, 0.5) is 0 Å². The van der Waals surface area contributed by atoms with E-state index in [0.29, 0.717) is 0 Å². The topological polar surface area (TPSA) is 63.6 Å². The zero-order valence-corrected chi connectivity index (χ0v) is 9.13. The van der Waals surface area contributed by atoms with Crippen molar-refractivity contribution in [1.82, 2.24) is 0 Å². The summed E-state index contributed by atoms with van der Waals surface area (Å²) in [4.78, 5) is 20.1. The van der Waals surface area contributed by atoms with Gasteiger partial charge in [0.2, 0.25) is 7.37 Å². The van der Waals surface area contributed by atoms with Gasteiger partial charge in [-0.1, -0.05) is 12.7 Å². The molecule has 1 unspecified atom stereocenters. The Morgan fingerprint density at radius 2 is 2.21 bits per heavy atom. The van der Waals surface area contributed by atoms with Crippen LogP contribution in [0.2, 0.25) is 0 Å². The fourth-order valence-corrected chi connectivity index (χ4v) is 1.66. The van der Waals surface area contributed by atoms with Crippen molar-refractivity contribution >= 4 is 13.3 Å². The average Bonchev–Trinajstić information content (AvgIpc) is 2.03. The van der Waals surface area contributed by atoms with Gasteiger partial charge in [0.1, 0.15) is 6.61 Å². The summed E-state index contributed by atoms with van der Waals surface area (Å²) in [6, 6.07) is 0. The molecule has 0 radical (unpaired) electrons. The summed E-state index contributed by atoms with van der Waals surface area (Å²) in [7, 11) is -3.20. The van der Waals surface area contributed by atoms with Crippen molar-refractivity contribution in [2.45, 2.75) is 6.92 Å². The third kappa shape index (κ3) is 5.73. The third-order valence-electron chi connectivity index (χ3n) is 1.44. The van der Waals surface area contributed by atoms with E-state index in [4.69, 9.17) is 0 Å². The number of carbonyl (C=O) groups excluding carboxylic acids is 1. The fourth-order valence-electron chi connectivity index (χ4n) is 0.697. The van der Waals surface area contributed by atoms with Crippen LogP contribution < -0.4 is 0 Å². The quantitative estimate of drug-likeness (QED) is 0.318. The standard InChI is InChI=1S/C9H15O4P/c1-4-6-14(11,12)7-5-13-9(10)8(2)3/h4H,1-2,5-7H2,3H3,(H,11,12). The van der Waals surface area contributed by atoms with E-state index in [9.17, 15) is 14.3 Å². The summed E-state index contributed by atoms with van der Waals surface area (Å²) < 4.78 is 15.9. The lowest BCUT2D eigenvalue weighted by atomic mass is 10.4. The first-order valence-electron chi connectivity index (χ1n) is 4.13. The molecular formula is C9H15O4P. The second kappa shape index (κ2) is 5.78. The van der Waals surface area contributed by atoms with Gasteiger partial charge in [0, 0.05) is 11.7 Å². The number of hydrogen-bond donors (Lipinski definition) is 1. The van der Waals surface area contributed by atoms with Crippen molar-refractivity contribution in [3.63, 3.8) is 0 Å². The van der Waals surface area contributed by atoms with Gasteiger partial charge in [0.25, 0.3) is 0 Å². The van der Waals surface area contributed by atoms with Gasteiger partial charge in [-0.25, -0.2) is 4.79 Å². The smallest absolute Gasteiger partial charge is 0.333 e. The largest absolute Gasteiger partial charge is 0.462 e. The number of hydrogen-bond acceptors (Lipinski definition) is 3. The molecule has 0 saturated carbocycles. The zero-order valence-electron chi connectivity index (χ0n) is 8.23. The Kier molecular flexibility index (Phi) is 5.43. The van der Waals surface area contributed by atoms with Crippen LogP contribution in [-0.2, 0) is 14.1 Å². The number of allylic oxidation sites excluding steroid dienone is 1. The van der Waals surface area contributed by atoms with Gasteiger partial charge < -0.3 is 9.63 Å². The first kappa shape index (κ1) is 13.1. The molecule has 0 heterocycles. The van der Waals surface area contributed by atoms with Crippen molar-refractivity contribution in [2.75, 3.05) is 18.9 Å². The van der Waals surface area contributed by atoms with Crippen LogP contribution in [0.25, 0.3) is 0 Å². The van der Waals surface area contributed by atoms with Gasteiger partial charge in [-0.2, -0.15) is 0 Å². The van der Waals surface area contributed by atoms with Gasteiger partial charge in [0.15, 0.2) is 0 Å². The van der Waals surface area contributed by atoms with Crippen molar-refractivity contribution < 1.29 is 19.0 Å². The van der Waals surface area contributed by atoms with Crippen molar-refractivity contribution in [3.8, 4) is 0 Å². The van der Waals surface area contributed by atoms with E-state index in [1.165, 1.54) is 13.0 Å². The van der Waals surface area contributed by atoms with E-state index in [1.54, 1.807) is 0 Å². The van der Waals surface area contributed by atoms with Gasteiger partial charge in [-0.3, -0.25) is 4.57 Å². The van der Waals surface area contributed by atoms with Crippen molar-refractivity contribution in [1.29, 1.82) is 0 Å². The molecule has 0 spiro atoms. The molecule has 14 heavy (non-hydrogen) atoms. The Morgan fingerprint density at radius 3 is 2.64 bits per heavy atom. The molecule has 80 valence electrons. The highest BCUT2D eigenvalue weighted by Crippen LogP contribution is 2.39. The van der Waals surface area contributed by atoms with E-state index in [-0.39, 0.29) is 24.5 Å². The van der Waals surface area contributed by atoms with Gasteiger partial charge in [-0.15, -0.1) is 6.58 Å². The molecule has 0 aromatic heterocycles. The molecule has 1 atom stereocenters. The van der Waals surface area contributed by atoms with E-state index in [2.05, 4.69) is 17.9 Å². The summed E-state index contributed by atoms with van der Waals surface area (Å²) in [5.41, 5.74) is 0.279. The highest BCUT2D eigenvalue weighted by Gasteiger charge is 2.16. The predicted molar refractivity (Wildman–Crippen MR) is 55.5 cm³/mol. The maximum Gasteiger partial charge on any atom is 0.333 e. The van der Waals surface area contributed by atoms with Crippen molar-refractivity contribution in [3.05, 3.63) is 24.8 Å². The highest BCUT2D eigenvalue weighted by molar-refractivity contribution is 7.58. The monoisotopic (exact) mass is 218 g/mol. The summed E-state index contributed by atoms with van der Waals surface area (Å²) in [6.45, 7) is 8.20. The van der Waals surface area contributed by atoms with Crippen LogP contribution in [0, 0.1) is 0 Å². The molecule has 0 aliphatic carbocycles. The molecule has 0 saturated heterocycles. The van der Waals surface area contributed by atoms with E-state index < -0.39 is 13.3 Å². The number of rotatable bonds is 6. The van der Waals surface area contributed by atoms with Crippen LogP contribution in [0.1, 0.15) is 6.92 Å². The molecule has 0 aromatic rings. The molecule has 5 heteroatoms. The van der Waals surface area contributed by atoms with Gasteiger partial charge in [0.05, 0.1) is 6.16 Å². The molecular weight excluding hydrogens is 203 g/mol. The molecule has 0 amide bonds. The van der Waals surface area contributed by atoms with Crippen LogP contribution in [0.15, 0.2) is 24.8 Å². The minimum absolute atomic E-state index is 0.0393. The number of ether oxygens (including phenoxy) is 1. The molecule has 0 fully saturated rings. The molecule has 0 bridgehead atoms. The molecule has 0 aromatic carbocycles. The molecule has 1 N–H and O–H groups in total. The summed E-state index contributed by atoms with van der Waals surface area (Å²) in [5.74, 6) is -0.538. The Labute approximate surface area is 83.7 Å². The third-order valence-corrected chi connectivity index (χ3v) is 3.15. The predicted octanol–water partition coefficient (Wildman–Crippen LogP) is 1.56. The second-order valence-electron chi connectivity index (χ2n) is 2.96. The first-order valence-corrected chi connectivity index (χ1v) is 6.16. The Bertz CT molecular complexity index is 283. The Hall–Kier alpha value is -0.860. The normalized spacial score (nSPS) is 14.1. The van der Waals surface area contributed by atoms with Gasteiger partial charge in [-0.05, 0) is 6.92 Å². The molecule has 0 rings (SSSR count). The first-order chi connectivity index (χ1) is 6.39. The molecule has 4 nitrogen and oxygen atoms in total. The summed E-state index contributed by atoms with van der Waals surface area (Å²) in [6.07, 6.45) is 1.37. The Balaban J connectivity index is 3.85. The summed E-state index contributed by atoms with van der Waals surface area (Å²) >= 11 is 0. The van der Waals surface area contributed by atoms with Crippen LogP contribution >= 0.6 is 7.37 Å². The van der Waals surface area contributed by atoms with Crippen LogP contribution in [0.5, 0.6) is 0 Å². The number of esters is 1. The minimum Gasteiger partial charge on any atom is -0.462 e. The lowest BCUT2D eigenvalue weighted by Crippen LogP contribution is -2.09. The summed E-state index contributed by atoms with van der Waals surface area (Å²) in [5, 5.41) is 0. The fraction of sp³-hybridized carbons (Fsp3) is 0.444. The van der Waals surface area contributed by atoms with Crippen LogP contribution in [0.3, 0.4) is 0 Å². The van der Waals surface area contributed by atoms with Crippen LogP contribution in [-0.4, -0.2) is 29.8 Å². The van der Waals surface area contributed by atoms with Crippen molar-refractivity contribution in [2.24, 2.45) is 0 Å². The Morgan fingerprint density at radius 1 is 1.64 bits per heavy atom. The average molecular weight is 218 g/mol. The lowest BCUT2D eigenvalue weighted by Gasteiger charge is -2.09. The maximum absolute atomic E-state index is 11.2. The van der Waals surface area contributed by atoms with E-state index in [0.717, 1.165) is 0 Å². The molecule has 0 aliphatic rings. The lowest BCUT2D eigenvalue weighted by molar-refractivity contribution is -0.138. The second-order valence-corrected chi connectivity index (χ2v) is 5.46. The van der Waals surface area contributed by atoms with E-state index >= 15 is 0 Å². The number of carbonyl (C=O) groups is 1. The van der Waals surface area contributed by atoms with E-state index in [1.807, 2.05) is 0 Å². The maximum atomic E-state index is 11.2. The molecule has 0 aliphatic heterocycles. The zero-order chi connectivity index (χ0) is 11.2. The van der Waals surface area contributed by atoms with Gasteiger partial charge >= 0.3 is 5.97 Å².